The molecule has 2 aromatic rings. The summed E-state index contributed by atoms with van der Waals surface area (Å²) in [5, 5.41) is 2.06. The number of benzene rings is 1. The number of fused-ring (bicyclic) bond motifs is 1. The predicted molar refractivity (Wildman–Crippen MR) is 73.7 cm³/mol. The zero-order chi connectivity index (χ0) is 11.8. The van der Waals surface area contributed by atoms with E-state index in [-0.39, 0.29) is 6.04 Å². The van der Waals surface area contributed by atoms with Gasteiger partial charge in [0.1, 0.15) is 5.75 Å². The molecule has 4 heteroatoms. The molecule has 2 nitrogen and oxygen atoms in total. The van der Waals surface area contributed by atoms with Crippen LogP contribution in [0.3, 0.4) is 0 Å². The Balaban J connectivity index is 1.94. The molecule has 0 amide bonds. The van der Waals surface area contributed by atoms with Crippen molar-refractivity contribution in [1.29, 1.82) is 0 Å². The van der Waals surface area contributed by atoms with Crippen LogP contribution in [0.2, 0.25) is 0 Å². The van der Waals surface area contributed by atoms with Gasteiger partial charge in [0.15, 0.2) is 0 Å². The second kappa shape index (κ2) is 4.44. The summed E-state index contributed by atoms with van der Waals surface area (Å²) < 4.78 is 6.59. The fourth-order valence-electron chi connectivity index (χ4n) is 2.06. The number of rotatable bonds is 2. The van der Waals surface area contributed by atoms with Gasteiger partial charge in [0.2, 0.25) is 0 Å². The SMILES string of the molecule is NC(c1ccc2c(c1)CCO2)c1cc(Br)cs1. The summed E-state index contributed by atoms with van der Waals surface area (Å²) in [7, 11) is 0. The van der Waals surface area contributed by atoms with Gasteiger partial charge in [-0.05, 0) is 39.2 Å². The summed E-state index contributed by atoms with van der Waals surface area (Å²) in [5.41, 5.74) is 8.70. The first-order valence-corrected chi connectivity index (χ1v) is 7.16. The maximum atomic E-state index is 6.27. The average Bonchev–Trinajstić information content (AvgIpc) is 2.95. The lowest BCUT2D eigenvalue weighted by atomic mass is 10.0. The number of thiophene rings is 1. The van der Waals surface area contributed by atoms with Crippen LogP contribution in [0.1, 0.15) is 22.0 Å². The summed E-state index contributed by atoms with van der Waals surface area (Å²) in [5.74, 6) is 1.01. The van der Waals surface area contributed by atoms with Gasteiger partial charge < -0.3 is 10.5 Å². The summed E-state index contributed by atoms with van der Waals surface area (Å²) in [6.07, 6.45) is 0.990. The molecule has 17 heavy (non-hydrogen) atoms. The first kappa shape index (κ1) is 11.3. The molecule has 0 bridgehead atoms. The van der Waals surface area contributed by atoms with Gasteiger partial charge in [-0.1, -0.05) is 12.1 Å². The molecule has 88 valence electrons. The second-order valence-corrected chi connectivity index (χ2v) is 5.97. The Bertz CT molecular complexity index is 552. The fraction of sp³-hybridized carbons (Fsp3) is 0.231. The Morgan fingerprint density at radius 1 is 1.35 bits per heavy atom. The van der Waals surface area contributed by atoms with Gasteiger partial charge in [0, 0.05) is 21.2 Å². The first-order chi connectivity index (χ1) is 8.24. The van der Waals surface area contributed by atoms with E-state index in [4.69, 9.17) is 10.5 Å². The van der Waals surface area contributed by atoms with Gasteiger partial charge in [-0.15, -0.1) is 11.3 Å². The quantitative estimate of drug-likeness (QED) is 0.921. The topological polar surface area (TPSA) is 35.2 Å². The van der Waals surface area contributed by atoms with Crippen LogP contribution in [0.4, 0.5) is 0 Å². The monoisotopic (exact) mass is 309 g/mol. The summed E-state index contributed by atoms with van der Waals surface area (Å²) in [6.45, 7) is 0.790. The van der Waals surface area contributed by atoms with Gasteiger partial charge in [0.05, 0.1) is 12.6 Å². The largest absolute Gasteiger partial charge is 0.493 e. The minimum absolute atomic E-state index is 0.0443. The van der Waals surface area contributed by atoms with E-state index in [1.165, 1.54) is 10.4 Å². The molecular formula is C13H12BrNOS. The van der Waals surface area contributed by atoms with Crippen LogP contribution in [0.25, 0.3) is 0 Å². The van der Waals surface area contributed by atoms with Crippen LogP contribution in [0, 0.1) is 0 Å². The average molecular weight is 310 g/mol. The molecule has 0 saturated carbocycles. The third-order valence-corrected chi connectivity index (χ3v) is 4.74. The van der Waals surface area contributed by atoms with Crippen molar-refractivity contribution in [3.05, 3.63) is 50.1 Å². The molecule has 1 unspecified atom stereocenters. The van der Waals surface area contributed by atoms with Crippen molar-refractivity contribution in [2.75, 3.05) is 6.61 Å². The molecule has 1 atom stereocenters. The zero-order valence-electron chi connectivity index (χ0n) is 9.15. The molecule has 0 saturated heterocycles. The molecule has 2 heterocycles. The van der Waals surface area contributed by atoms with Gasteiger partial charge in [0.25, 0.3) is 0 Å². The fourth-order valence-corrected chi connectivity index (χ4v) is 3.53. The highest BCUT2D eigenvalue weighted by atomic mass is 79.9. The number of halogens is 1. The Labute approximate surface area is 113 Å². The Hall–Kier alpha value is -0.840. The Kier molecular flexibility index (Phi) is 2.94. The minimum Gasteiger partial charge on any atom is -0.493 e. The molecule has 0 aliphatic carbocycles. The molecule has 1 aromatic heterocycles. The standard InChI is InChI=1S/C13H12BrNOS/c14-10-6-12(17-7-10)13(15)9-1-2-11-8(5-9)3-4-16-11/h1-2,5-7,13H,3-4,15H2. The number of hydrogen-bond acceptors (Lipinski definition) is 3. The molecule has 0 radical (unpaired) electrons. The second-order valence-electron chi connectivity index (χ2n) is 4.11. The van der Waals surface area contributed by atoms with Crippen LogP contribution in [0.5, 0.6) is 5.75 Å². The number of nitrogens with two attached hydrogens (primary N) is 1. The zero-order valence-corrected chi connectivity index (χ0v) is 11.6. The van der Waals surface area contributed by atoms with E-state index in [1.54, 1.807) is 11.3 Å². The van der Waals surface area contributed by atoms with E-state index in [1.807, 2.05) is 6.07 Å². The van der Waals surface area contributed by atoms with Crippen molar-refractivity contribution in [3.8, 4) is 5.75 Å². The molecule has 1 aliphatic rings. The van der Waals surface area contributed by atoms with Crippen molar-refractivity contribution in [3.63, 3.8) is 0 Å². The van der Waals surface area contributed by atoms with E-state index < -0.39 is 0 Å². The minimum atomic E-state index is -0.0443. The smallest absolute Gasteiger partial charge is 0.122 e. The molecular weight excluding hydrogens is 298 g/mol. The van der Waals surface area contributed by atoms with E-state index in [0.29, 0.717) is 0 Å². The Morgan fingerprint density at radius 2 is 2.24 bits per heavy atom. The van der Waals surface area contributed by atoms with Crippen LogP contribution >= 0.6 is 27.3 Å². The maximum absolute atomic E-state index is 6.27. The lowest BCUT2D eigenvalue weighted by Crippen LogP contribution is -2.10. The van der Waals surface area contributed by atoms with Crippen LogP contribution in [-0.2, 0) is 6.42 Å². The Morgan fingerprint density at radius 3 is 3.00 bits per heavy atom. The number of hydrogen-bond donors (Lipinski definition) is 1. The lowest BCUT2D eigenvalue weighted by Gasteiger charge is -2.11. The van der Waals surface area contributed by atoms with Crippen molar-refractivity contribution in [2.24, 2.45) is 5.73 Å². The summed E-state index contributed by atoms with van der Waals surface area (Å²) in [4.78, 5) is 1.18. The van der Waals surface area contributed by atoms with Crippen molar-refractivity contribution in [2.45, 2.75) is 12.5 Å². The lowest BCUT2D eigenvalue weighted by molar-refractivity contribution is 0.357. The molecule has 0 fully saturated rings. The first-order valence-electron chi connectivity index (χ1n) is 5.49. The van der Waals surface area contributed by atoms with Crippen LogP contribution in [-0.4, -0.2) is 6.61 Å². The maximum Gasteiger partial charge on any atom is 0.122 e. The van der Waals surface area contributed by atoms with Crippen molar-refractivity contribution < 1.29 is 4.74 Å². The van der Waals surface area contributed by atoms with Gasteiger partial charge in [-0.3, -0.25) is 0 Å². The molecule has 3 rings (SSSR count). The predicted octanol–water partition coefficient (Wildman–Crippen LogP) is 3.49. The molecule has 1 aromatic carbocycles. The highest BCUT2D eigenvalue weighted by Gasteiger charge is 2.16. The summed E-state index contributed by atoms with van der Waals surface area (Å²) in [6, 6.07) is 8.29. The van der Waals surface area contributed by atoms with E-state index in [9.17, 15) is 0 Å². The van der Waals surface area contributed by atoms with Gasteiger partial charge >= 0.3 is 0 Å². The highest BCUT2D eigenvalue weighted by molar-refractivity contribution is 9.10. The highest BCUT2D eigenvalue weighted by Crippen LogP contribution is 2.32. The van der Waals surface area contributed by atoms with E-state index in [2.05, 4.69) is 39.5 Å². The van der Waals surface area contributed by atoms with E-state index in [0.717, 1.165) is 28.8 Å². The van der Waals surface area contributed by atoms with Crippen LogP contribution < -0.4 is 10.5 Å². The van der Waals surface area contributed by atoms with E-state index >= 15 is 0 Å². The molecule has 2 N–H and O–H groups in total. The third kappa shape index (κ3) is 2.12. The molecule has 1 aliphatic heterocycles. The number of ether oxygens (including phenoxy) is 1. The summed E-state index contributed by atoms with van der Waals surface area (Å²) >= 11 is 5.14. The van der Waals surface area contributed by atoms with Crippen molar-refractivity contribution in [1.82, 2.24) is 0 Å². The van der Waals surface area contributed by atoms with Crippen molar-refractivity contribution >= 4 is 27.3 Å². The molecule has 0 spiro atoms. The van der Waals surface area contributed by atoms with Gasteiger partial charge in [-0.2, -0.15) is 0 Å². The van der Waals surface area contributed by atoms with Gasteiger partial charge in [-0.25, -0.2) is 0 Å². The normalized spacial score (nSPS) is 15.4. The third-order valence-electron chi connectivity index (χ3n) is 2.97. The van der Waals surface area contributed by atoms with Crippen LogP contribution in [0.15, 0.2) is 34.1 Å².